The molecule has 0 saturated carbocycles. The normalized spacial score (nSPS) is 15.5. The summed E-state index contributed by atoms with van der Waals surface area (Å²) in [5.74, 6) is -0.831. The van der Waals surface area contributed by atoms with Crippen LogP contribution < -0.4 is 10.3 Å². The molecule has 0 bridgehead atoms. The van der Waals surface area contributed by atoms with E-state index in [4.69, 9.17) is 9.40 Å². The Morgan fingerprint density at radius 2 is 1.79 bits per heavy atom. The van der Waals surface area contributed by atoms with Crippen LogP contribution in [-0.2, 0) is 0 Å². The van der Waals surface area contributed by atoms with Gasteiger partial charge in [-0.3, -0.25) is 14.5 Å². The number of para-hydroxylation sites is 1. The van der Waals surface area contributed by atoms with E-state index in [2.05, 4.69) is 0 Å². The number of carbonyl (C=O) groups is 1. The fourth-order valence-electron chi connectivity index (χ4n) is 4.54. The number of aryl methyl sites for hydroxylation is 2. The summed E-state index contributed by atoms with van der Waals surface area (Å²) >= 11 is 1.39. The molecule has 1 atom stereocenters. The van der Waals surface area contributed by atoms with Crippen LogP contribution in [0.1, 0.15) is 38.9 Å². The molecule has 0 unspecified atom stereocenters. The summed E-state index contributed by atoms with van der Waals surface area (Å²) in [4.78, 5) is 33.5. The van der Waals surface area contributed by atoms with E-state index in [1.165, 1.54) is 28.4 Å². The van der Waals surface area contributed by atoms with Crippen molar-refractivity contribution in [3.05, 3.63) is 105 Å². The predicted octanol–water partition coefficient (Wildman–Crippen LogP) is 5.91. The fourth-order valence-corrected chi connectivity index (χ4v) is 5.71. The summed E-state index contributed by atoms with van der Waals surface area (Å²) in [7, 11) is 0. The third-order valence-electron chi connectivity index (χ3n) is 5.99. The molecule has 5 aromatic rings. The third-order valence-corrected chi connectivity index (χ3v) is 6.99. The van der Waals surface area contributed by atoms with Crippen molar-refractivity contribution in [2.24, 2.45) is 0 Å². The van der Waals surface area contributed by atoms with Crippen molar-refractivity contribution in [1.29, 1.82) is 0 Å². The van der Waals surface area contributed by atoms with Gasteiger partial charge < -0.3 is 4.42 Å². The monoisotopic (exact) mass is 456 g/mol. The first kappa shape index (κ1) is 19.8. The number of amides is 1. The summed E-state index contributed by atoms with van der Waals surface area (Å²) in [5, 5.41) is 0.863. The van der Waals surface area contributed by atoms with Crippen molar-refractivity contribution in [2.45, 2.75) is 19.9 Å². The van der Waals surface area contributed by atoms with E-state index >= 15 is 0 Å². The number of rotatable bonds is 2. The van der Waals surface area contributed by atoms with Gasteiger partial charge in [-0.05, 0) is 60.9 Å². The van der Waals surface area contributed by atoms with Crippen LogP contribution in [0.3, 0.4) is 0 Å². The van der Waals surface area contributed by atoms with Crippen molar-refractivity contribution < 1.29 is 13.6 Å². The maximum Gasteiger partial charge on any atom is 0.297 e. The molecule has 0 radical (unpaired) electrons. The average Bonchev–Trinajstić information content (AvgIpc) is 3.34. The topological polar surface area (TPSA) is 63.4 Å². The second-order valence-corrected chi connectivity index (χ2v) is 9.23. The zero-order valence-corrected chi connectivity index (χ0v) is 18.6. The molecule has 0 N–H and O–H groups in total. The molecule has 0 fully saturated rings. The first-order valence-electron chi connectivity index (χ1n) is 10.4. The van der Waals surface area contributed by atoms with Crippen LogP contribution >= 0.6 is 11.3 Å². The first-order chi connectivity index (χ1) is 15.9. The molecule has 7 heteroatoms. The smallest absolute Gasteiger partial charge is 0.297 e. The number of hydrogen-bond acceptors (Lipinski definition) is 5. The van der Waals surface area contributed by atoms with Crippen LogP contribution in [0.4, 0.5) is 9.52 Å². The number of hydrogen-bond donors (Lipinski definition) is 0. The number of carbonyl (C=O) groups excluding carboxylic acids is 1. The number of anilines is 1. The van der Waals surface area contributed by atoms with E-state index in [-0.39, 0.29) is 16.8 Å². The minimum absolute atomic E-state index is 0.000170. The van der Waals surface area contributed by atoms with Gasteiger partial charge in [-0.25, -0.2) is 9.37 Å². The predicted molar refractivity (Wildman–Crippen MR) is 127 cm³/mol. The van der Waals surface area contributed by atoms with Crippen molar-refractivity contribution in [3.63, 3.8) is 0 Å². The average molecular weight is 456 g/mol. The Bertz CT molecular complexity index is 1650. The maximum atomic E-state index is 13.7. The Balaban J connectivity index is 1.64. The van der Waals surface area contributed by atoms with Crippen molar-refractivity contribution >= 4 is 43.6 Å². The highest BCUT2D eigenvalue weighted by Gasteiger charge is 2.45. The molecular formula is C26H17FN2O3S. The molecule has 3 heterocycles. The van der Waals surface area contributed by atoms with Gasteiger partial charge >= 0.3 is 0 Å². The Morgan fingerprint density at radius 3 is 2.58 bits per heavy atom. The molecule has 1 aliphatic rings. The van der Waals surface area contributed by atoms with Crippen LogP contribution in [0.25, 0.3) is 21.2 Å². The number of nitrogens with zero attached hydrogens (tertiary/aromatic N) is 2. The van der Waals surface area contributed by atoms with Gasteiger partial charge in [0.2, 0.25) is 5.76 Å². The fraction of sp³-hybridized carbons (Fsp3) is 0.115. The molecule has 2 aromatic heterocycles. The van der Waals surface area contributed by atoms with Crippen molar-refractivity contribution in [3.8, 4) is 0 Å². The van der Waals surface area contributed by atoms with Gasteiger partial charge in [-0.1, -0.05) is 41.7 Å². The zero-order chi connectivity index (χ0) is 22.9. The Morgan fingerprint density at radius 1 is 1.03 bits per heavy atom. The summed E-state index contributed by atoms with van der Waals surface area (Å²) < 4.78 is 20.6. The molecule has 33 heavy (non-hydrogen) atoms. The summed E-state index contributed by atoms with van der Waals surface area (Å²) in [6, 6.07) is 16.0. The lowest BCUT2D eigenvalue weighted by molar-refractivity contribution is 0.0971. The van der Waals surface area contributed by atoms with Gasteiger partial charge in [-0.15, -0.1) is 0 Å². The van der Waals surface area contributed by atoms with Crippen LogP contribution in [-0.4, -0.2) is 10.9 Å². The number of halogens is 1. The number of thiazole rings is 1. The number of benzene rings is 3. The lowest BCUT2D eigenvalue weighted by Gasteiger charge is -2.22. The molecule has 1 amide bonds. The number of fused-ring (bicyclic) bond motifs is 3. The quantitative estimate of drug-likeness (QED) is 0.331. The molecule has 162 valence electrons. The van der Waals surface area contributed by atoms with E-state index in [9.17, 15) is 14.0 Å². The zero-order valence-electron chi connectivity index (χ0n) is 17.8. The van der Waals surface area contributed by atoms with Gasteiger partial charge in [-0.2, -0.15) is 0 Å². The molecule has 3 aromatic carbocycles. The van der Waals surface area contributed by atoms with Gasteiger partial charge in [0.25, 0.3) is 5.91 Å². The van der Waals surface area contributed by atoms with Gasteiger partial charge in [0, 0.05) is 0 Å². The molecule has 6 rings (SSSR count). The lowest BCUT2D eigenvalue weighted by Crippen LogP contribution is -2.29. The third kappa shape index (κ3) is 2.93. The highest BCUT2D eigenvalue weighted by atomic mass is 32.1. The van der Waals surface area contributed by atoms with E-state index in [0.717, 1.165) is 21.3 Å². The van der Waals surface area contributed by atoms with E-state index < -0.39 is 17.8 Å². The second-order valence-electron chi connectivity index (χ2n) is 8.22. The molecule has 1 aliphatic heterocycles. The van der Waals surface area contributed by atoms with Gasteiger partial charge in [0.15, 0.2) is 10.6 Å². The summed E-state index contributed by atoms with van der Waals surface area (Å²) in [6.45, 7) is 3.99. The minimum atomic E-state index is -0.768. The van der Waals surface area contributed by atoms with Crippen molar-refractivity contribution in [2.75, 3.05) is 4.90 Å². The van der Waals surface area contributed by atoms with Crippen LogP contribution in [0, 0.1) is 19.7 Å². The van der Waals surface area contributed by atoms with Crippen LogP contribution in [0.15, 0.2) is 69.9 Å². The first-order valence-corrected chi connectivity index (χ1v) is 11.3. The summed E-state index contributed by atoms with van der Waals surface area (Å²) in [6.07, 6.45) is 0. The molecule has 0 aliphatic carbocycles. The Hall–Kier alpha value is -3.84. The van der Waals surface area contributed by atoms with Gasteiger partial charge in [0.05, 0.1) is 27.2 Å². The maximum absolute atomic E-state index is 13.7. The van der Waals surface area contributed by atoms with Crippen LogP contribution in [0.2, 0.25) is 0 Å². The Labute approximate surface area is 191 Å². The van der Waals surface area contributed by atoms with Crippen LogP contribution in [0.5, 0.6) is 0 Å². The number of aromatic nitrogens is 1. The van der Waals surface area contributed by atoms with Gasteiger partial charge in [0.1, 0.15) is 11.4 Å². The van der Waals surface area contributed by atoms with Crippen molar-refractivity contribution in [1.82, 2.24) is 4.98 Å². The highest BCUT2D eigenvalue weighted by molar-refractivity contribution is 7.22. The second kappa shape index (κ2) is 7.08. The lowest BCUT2D eigenvalue weighted by atomic mass is 9.99. The van der Waals surface area contributed by atoms with E-state index in [1.54, 1.807) is 36.4 Å². The molecular weight excluding hydrogens is 439 g/mol. The minimum Gasteiger partial charge on any atom is -0.450 e. The highest BCUT2D eigenvalue weighted by Crippen LogP contribution is 2.44. The standard InChI is InChI=1S/C26H17FN2O3S/c1-13-11-14(2)21-19(12-13)33-26(28-21)29-22(15-7-9-16(27)10-8-15)20-23(30)17-5-3-4-6-18(17)32-24(20)25(29)31/h3-12,22H,1-2H3/t22-/m0/s1. The SMILES string of the molecule is Cc1cc(C)c2nc(N3C(=O)c4oc5ccccc5c(=O)c4[C@@H]3c3ccc(F)cc3)sc2c1. The summed E-state index contributed by atoms with van der Waals surface area (Å²) in [5.41, 5.74) is 3.86. The van der Waals surface area contributed by atoms with E-state index in [1.807, 2.05) is 26.0 Å². The Kier molecular flexibility index (Phi) is 4.25. The molecule has 0 spiro atoms. The molecule has 5 nitrogen and oxygen atoms in total. The largest absolute Gasteiger partial charge is 0.450 e. The van der Waals surface area contributed by atoms with E-state index in [0.29, 0.717) is 21.7 Å². The molecule has 0 saturated heterocycles.